The quantitative estimate of drug-likeness (QED) is 0.854. The number of aromatic nitrogens is 1. The van der Waals surface area contributed by atoms with Crippen LogP contribution in [0.25, 0.3) is 11.5 Å². The van der Waals surface area contributed by atoms with E-state index in [1.165, 1.54) is 0 Å². The van der Waals surface area contributed by atoms with Gasteiger partial charge in [0.25, 0.3) is 0 Å². The summed E-state index contributed by atoms with van der Waals surface area (Å²) in [5.74, 6) is 2.37. The predicted molar refractivity (Wildman–Crippen MR) is 99.4 cm³/mol. The van der Waals surface area contributed by atoms with Gasteiger partial charge in [-0.3, -0.25) is 4.90 Å². The number of aliphatic hydroxyl groups excluding tert-OH is 1. The maximum Gasteiger partial charge on any atom is 0.226 e. The van der Waals surface area contributed by atoms with Crippen LogP contribution in [0.3, 0.4) is 0 Å². The van der Waals surface area contributed by atoms with Gasteiger partial charge in [0.1, 0.15) is 11.5 Å². The second-order valence-corrected chi connectivity index (χ2v) is 6.83. The Hall–Kier alpha value is -1.89. The van der Waals surface area contributed by atoms with Crippen LogP contribution in [-0.4, -0.2) is 54.5 Å². The maximum absolute atomic E-state index is 9.12. The summed E-state index contributed by atoms with van der Waals surface area (Å²) in [5, 5.41) is 9.12. The van der Waals surface area contributed by atoms with Gasteiger partial charge < -0.3 is 19.0 Å². The molecule has 1 fully saturated rings. The molecule has 0 aliphatic carbocycles. The number of hydrogen-bond acceptors (Lipinski definition) is 6. The second-order valence-electron chi connectivity index (χ2n) is 6.83. The molecule has 1 atom stereocenters. The fourth-order valence-electron chi connectivity index (χ4n) is 3.39. The van der Waals surface area contributed by atoms with Crippen molar-refractivity contribution in [2.45, 2.75) is 39.8 Å². The number of benzene rings is 1. The third-order valence-electron chi connectivity index (χ3n) is 5.13. The molecule has 1 aromatic heterocycles. The molecule has 0 amide bonds. The van der Waals surface area contributed by atoms with E-state index in [-0.39, 0.29) is 12.7 Å². The Labute approximate surface area is 154 Å². The summed E-state index contributed by atoms with van der Waals surface area (Å²) in [4.78, 5) is 7.07. The van der Waals surface area contributed by atoms with Crippen molar-refractivity contribution >= 4 is 0 Å². The first-order valence-corrected chi connectivity index (χ1v) is 9.09. The van der Waals surface area contributed by atoms with Gasteiger partial charge in [0.15, 0.2) is 0 Å². The first-order valence-electron chi connectivity index (χ1n) is 9.09. The third kappa shape index (κ3) is 3.92. The summed E-state index contributed by atoms with van der Waals surface area (Å²) in [6, 6.07) is 3.96. The van der Waals surface area contributed by atoms with Gasteiger partial charge in [-0.05, 0) is 50.5 Å². The molecule has 0 radical (unpaired) electrons. The van der Waals surface area contributed by atoms with E-state index in [4.69, 9.17) is 24.0 Å². The SMILES string of the molecule is COc1ccc(-c2nc(CN3CCO[C@@H](CCO)C3)c(C)o2)c(C)c1C. The highest BCUT2D eigenvalue weighted by Gasteiger charge is 2.23. The number of nitrogens with zero attached hydrogens (tertiary/aromatic N) is 2. The number of aryl methyl sites for hydroxylation is 1. The number of oxazole rings is 1. The molecule has 1 aliphatic rings. The first-order chi connectivity index (χ1) is 12.5. The van der Waals surface area contributed by atoms with E-state index in [0.717, 1.165) is 53.5 Å². The minimum atomic E-state index is 0.0897. The lowest BCUT2D eigenvalue weighted by Gasteiger charge is -2.32. The minimum absolute atomic E-state index is 0.0897. The Balaban J connectivity index is 1.78. The van der Waals surface area contributed by atoms with Crippen molar-refractivity contribution in [1.29, 1.82) is 0 Å². The number of hydrogen-bond donors (Lipinski definition) is 1. The second kappa shape index (κ2) is 8.20. The zero-order valence-electron chi connectivity index (χ0n) is 16.0. The Morgan fingerprint density at radius 1 is 1.27 bits per heavy atom. The summed E-state index contributed by atoms with van der Waals surface area (Å²) in [7, 11) is 1.68. The molecule has 0 spiro atoms. The molecule has 0 unspecified atom stereocenters. The number of aliphatic hydroxyl groups is 1. The summed E-state index contributed by atoms with van der Waals surface area (Å²) in [6.45, 7) is 9.31. The maximum atomic E-state index is 9.12. The predicted octanol–water partition coefficient (Wildman–Crippen LogP) is 2.86. The molecule has 1 aliphatic heterocycles. The van der Waals surface area contributed by atoms with Crippen LogP contribution in [0.2, 0.25) is 0 Å². The largest absolute Gasteiger partial charge is 0.496 e. The van der Waals surface area contributed by atoms with E-state index in [1.807, 2.05) is 26.0 Å². The Kier molecular flexibility index (Phi) is 5.96. The summed E-state index contributed by atoms with van der Waals surface area (Å²) < 4.78 is 17.0. The van der Waals surface area contributed by atoms with Crippen LogP contribution in [0.5, 0.6) is 5.75 Å². The average molecular weight is 360 g/mol. The lowest BCUT2D eigenvalue weighted by molar-refractivity contribution is -0.0411. The molecule has 1 N–H and O–H groups in total. The van der Waals surface area contributed by atoms with Crippen molar-refractivity contribution in [3.63, 3.8) is 0 Å². The number of methoxy groups -OCH3 is 1. The topological polar surface area (TPSA) is 68.0 Å². The molecule has 1 aromatic carbocycles. The van der Waals surface area contributed by atoms with Gasteiger partial charge >= 0.3 is 0 Å². The molecule has 26 heavy (non-hydrogen) atoms. The number of morpholine rings is 1. The van der Waals surface area contributed by atoms with Crippen LogP contribution in [0, 0.1) is 20.8 Å². The Bertz CT molecular complexity index is 755. The molecule has 0 saturated carbocycles. The molecular formula is C20H28N2O4. The van der Waals surface area contributed by atoms with E-state index >= 15 is 0 Å². The van der Waals surface area contributed by atoms with Crippen molar-refractivity contribution in [3.05, 3.63) is 34.7 Å². The third-order valence-corrected chi connectivity index (χ3v) is 5.13. The fourth-order valence-corrected chi connectivity index (χ4v) is 3.39. The normalized spacial score (nSPS) is 18.3. The summed E-state index contributed by atoms with van der Waals surface area (Å²) >= 11 is 0. The first kappa shape index (κ1) is 18.9. The van der Waals surface area contributed by atoms with Gasteiger partial charge in [-0.25, -0.2) is 4.98 Å². The zero-order valence-corrected chi connectivity index (χ0v) is 16.0. The van der Waals surface area contributed by atoms with Crippen molar-refractivity contribution in [1.82, 2.24) is 9.88 Å². The molecule has 6 heteroatoms. The van der Waals surface area contributed by atoms with E-state index in [1.54, 1.807) is 7.11 Å². The van der Waals surface area contributed by atoms with Crippen LogP contribution in [0.1, 0.15) is 29.0 Å². The molecule has 0 bridgehead atoms. The Morgan fingerprint density at radius 3 is 2.81 bits per heavy atom. The van der Waals surface area contributed by atoms with E-state index < -0.39 is 0 Å². The fraction of sp³-hybridized carbons (Fsp3) is 0.550. The van der Waals surface area contributed by atoms with Crippen molar-refractivity contribution in [3.8, 4) is 17.2 Å². The van der Waals surface area contributed by atoms with Crippen LogP contribution in [0.4, 0.5) is 0 Å². The number of rotatable bonds is 6. The van der Waals surface area contributed by atoms with Crippen LogP contribution >= 0.6 is 0 Å². The van der Waals surface area contributed by atoms with Crippen LogP contribution in [-0.2, 0) is 11.3 Å². The standard InChI is InChI=1S/C20H28N2O4/c1-13-14(2)19(24-4)6-5-17(13)20-21-18(15(3)26-20)12-22-8-10-25-16(11-22)7-9-23/h5-6,16,23H,7-12H2,1-4H3/t16-/m0/s1. The average Bonchev–Trinajstić information content (AvgIpc) is 2.98. The lowest BCUT2D eigenvalue weighted by Crippen LogP contribution is -2.42. The minimum Gasteiger partial charge on any atom is -0.496 e. The number of ether oxygens (including phenoxy) is 2. The van der Waals surface area contributed by atoms with Gasteiger partial charge in [-0.1, -0.05) is 0 Å². The van der Waals surface area contributed by atoms with E-state index in [0.29, 0.717) is 18.9 Å². The van der Waals surface area contributed by atoms with E-state index in [9.17, 15) is 0 Å². The molecule has 2 heterocycles. The summed E-state index contributed by atoms with van der Waals surface area (Å²) in [5.41, 5.74) is 4.17. The summed E-state index contributed by atoms with van der Waals surface area (Å²) in [6.07, 6.45) is 0.760. The van der Waals surface area contributed by atoms with Crippen molar-refractivity contribution in [2.75, 3.05) is 33.4 Å². The smallest absolute Gasteiger partial charge is 0.226 e. The van der Waals surface area contributed by atoms with Gasteiger partial charge in [-0.15, -0.1) is 0 Å². The van der Waals surface area contributed by atoms with Crippen molar-refractivity contribution in [2.24, 2.45) is 0 Å². The monoisotopic (exact) mass is 360 g/mol. The zero-order chi connectivity index (χ0) is 18.7. The van der Waals surface area contributed by atoms with Gasteiger partial charge in [-0.2, -0.15) is 0 Å². The highest BCUT2D eigenvalue weighted by molar-refractivity contribution is 5.63. The highest BCUT2D eigenvalue weighted by Crippen LogP contribution is 2.31. The molecule has 6 nitrogen and oxygen atoms in total. The Morgan fingerprint density at radius 2 is 2.08 bits per heavy atom. The van der Waals surface area contributed by atoms with Crippen LogP contribution in [0.15, 0.2) is 16.5 Å². The molecular weight excluding hydrogens is 332 g/mol. The van der Waals surface area contributed by atoms with E-state index in [2.05, 4.69) is 11.8 Å². The van der Waals surface area contributed by atoms with Crippen molar-refractivity contribution < 1.29 is 19.0 Å². The molecule has 2 aromatic rings. The van der Waals surface area contributed by atoms with Gasteiger partial charge in [0, 0.05) is 31.8 Å². The van der Waals surface area contributed by atoms with Crippen LogP contribution < -0.4 is 4.74 Å². The lowest BCUT2D eigenvalue weighted by atomic mass is 10.0. The molecule has 142 valence electrons. The highest BCUT2D eigenvalue weighted by atomic mass is 16.5. The van der Waals surface area contributed by atoms with Gasteiger partial charge in [0.2, 0.25) is 5.89 Å². The molecule has 3 rings (SSSR count). The molecule has 1 saturated heterocycles. The van der Waals surface area contributed by atoms with Gasteiger partial charge in [0.05, 0.1) is 25.5 Å².